The van der Waals surface area contributed by atoms with Crippen molar-refractivity contribution >= 4 is 12.6 Å². The van der Waals surface area contributed by atoms with Gasteiger partial charge in [0.15, 0.2) is 0 Å². The first-order valence-electron chi connectivity index (χ1n) is 5.17. The normalized spacial score (nSPS) is 14.9. The highest BCUT2D eigenvalue weighted by atomic mass is 16.1. The lowest BCUT2D eigenvalue weighted by Crippen LogP contribution is -2.10. The third kappa shape index (κ3) is 5.56. The second-order valence-electron chi connectivity index (χ2n) is 3.60. The van der Waals surface area contributed by atoms with Gasteiger partial charge in [-0.1, -0.05) is 33.1 Å². The Hall–Kier alpha value is -0.660. The maximum absolute atomic E-state index is 10.6. The molecular weight excluding hydrogens is 164 g/mol. The van der Waals surface area contributed by atoms with Crippen LogP contribution in [0.4, 0.5) is 0 Å². The molecule has 0 aromatic carbocycles. The highest BCUT2D eigenvalue weighted by molar-refractivity contribution is 5.61. The van der Waals surface area contributed by atoms with E-state index in [1.165, 1.54) is 6.42 Å². The fourth-order valence-corrected chi connectivity index (χ4v) is 1.66. The van der Waals surface area contributed by atoms with Crippen LogP contribution in [0.2, 0.25) is 0 Å². The minimum absolute atomic E-state index is 0.0472. The predicted molar refractivity (Wildman–Crippen MR) is 53.5 cm³/mol. The highest BCUT2D eigenvalue weighted by Gasteiger charge is 2.13. The van der Waals surface area contributed by atoms with E-state index >= 15 is 0 Å². The summed E-state index contributed by atoms with van der Waals surface area (Å²) in [6.07, 6.45) is 6.47. The van der Waals surface area contributed by atoms with Crippen LogP contribution in [0.15, 0.2) is 0 Å². The molecule has 0 fully saturated rings. The van der Waals surface area contributed by atoms with Crippen LogP contribution in [0.25, 0.3) is 0 Å². The summed E-state index contributed by atoms with van der Waals surface area (Å²) >= 11 is 0. The van der Waals surface area contributed by atoms with Crippen molar-refractivity contribution in [1.82, 2.24) is 0 Å². The smallest absolute Gasteiger partial charge is 0.123 e. The minimum atomic E-state index is -0.0472. The molecule has 0 aromatic heterocycles. The number of carbonyl (C=O) groups is 2. The van der Waals surface area contributed by atoms with Crippen molar-refractivity contribution in [2.75, 3.05) is 0 Å². The van der Waals surface area contributed by atoms with Gasteiger partial charge >= 0.3 is 0 Å². The molecule has 2 unspecified atom stereocenters. The highest BCUT2D eigenvalue weighted by Crippen LogP contribution is 2.20. The monoisotopic (exact) mass is 184 g/mol. The summed E-state index contributed by atoms with van der Waals surface area (Å²) in [5.74, 6) is 0.564. The summed E-state index contributed by atoms with van der Waals surface area (Å²) in [7, 11) is 0. The van der Waals surface area contributed by atoms with Crippen LogP contribution < -0.4 is 0 Å². The molecule has 0 aliphatic carbocycles. The average Bonchev–Trinajstić information content (AvgIpc) is 2.16. The fourth-order valence-electron chi connectivity index (χ4n) is 1.66. The molecule has 0 saturated heterocycles. The predicted octanol–water partition coefficient (Wildman–Crippen LogP) is 2.61. The molecule has 2 nitrogen and oxygen atoms in total. The Morgan fingerprint density at radius 2 is 1.92 bits per heavy atom. The first kappa shape index (κ1) is 12.3. The second kappa shape index (κ2) is 7.96. The number of aldehydes is 2. The van der Waals surface area contributed by atoms with Gasteiger partial charge in [-0.3, -0.25) is 0 Å². The summed E-state index contributed by atoms with van der Waals surface area (Å²) in [4.78, 5) is 20.8. The van der Waals surface area contributed by atoms with Gasteiger partial charge < -0.3 is 9.59 Å². The van der Waals surface area contributed by atoms with Gasteiger partial charge in [-0.15, -0.1) is 0 Å². The SMILES string of the molecule is CCCC(CC)CC(C=O)CC=O. The third-order valence-electron chi connectivity index (χ3n) is 2.50. The van der Waals surface area contributed by atoms with Gasteiger partial charge in [-0.05, 0) is 12.3 Å². The van der Waals surface area contributed by atoms with E-state index in [0.29, 0.717) is 12.3 Å². The molecule has 76 valence electrons. The zero-order chi connectivity index (χ0) is 10.1. The molecule has 2 heteroatoms. The van der Waals surface area contributed by atoms with Gasteiger partial charge in [0, 0.05) is 12.3 Å². The van der Waals surface area contributed by atoms with Crippen LogP contribution in [0.5, 0.6) is 0 Å². The molecule has 0 aromatic rings. The van der Waals surface area contributed by atoms with Crippen molar-refractivity contribution in [1.29, 1.82) is 0 Å². The van der Waals surface area contributed by atoms with Gasteiger partial charge in [0.2, 0.25) is 0 Å². The van der Waals surface area contributed by atoms with Crippen molar-refractivity contribution in [3.05, 3.63) is 0 Å². The topological polar surface area (TPSA) is 34.1 Å². The number of rotatable bonds is 8. The van der Waals surface area contributed by atoms with E-state index in [-0.39, 0.29) is 5.92 Å². The molecular formula is C11H20O2. The van der Waals surface area contributed by atoms with Crippen LogP contribution in [-0.2, 0) is 9.59 Å². The number of carbonyl (C=O) groups excluding carboxylic acids is 2. The molecule has 0 saturated carbocycles. The van der Waals surface area contributed by atoms with E-state index in [2.05, 4.69) is 13.8 Å². The van der Waals surface area contributed by atoms with Crippen LogP contribution in [-0.4, -0.2) is 12.6 Å². The number of hydrogen-bond acceptors (Lipinski definition) is 2. The van der Waals surface area contributed by atoms with Crippen molar-refractivity contribution in [2.45, 2.75) is 46.0 Å². The average molecular weight is 184 g/mol. The summed E-state index contributed by atoms with van der Waals surface area (Å²) < 4.78 is 0. The van der Waals surface area contributed by atoms with Gasteiger partial charge in [-0.2, -0.15) is 0 Å². The maximum atomic E-state index is 10.6. The molecule has 0 spiro atoms. The summed E-state index contributed by atoms with van der Waals surface area (Å²) in [5, 5.41) is 0. The maximum Gasteiger partial charge on any atom is 0.123 e. The van der Waals surface area contributed by atoms with Crippen molar-refractivity contribution in [2.24, 2.45) is 11.8 Å². The Morgan fingerprint density at radius 1 is 1.23 bits per heavy atom. The van der Waals surface area contributed by atoms with E-state index in [0.717, 1.165) is 31.8 Å². The second-order valence-corrected chi connectivity index (χ2v) is 3.60. The van der Waals surface area contributed by atoms with Gasteiger partial charge in [0.25, 0.3) is 0 Å². The first-order valence-corrected chi connectivity index (χ1v) is 5.17. The van der Waals surface area contributed by atoms with Crippen LogP contribution in [0.3, 0.4) is 0 Å². The van der Waals surface area contributed by atoms with Crippen LogP contribution >= 0.6 is 0 Å². The molecule has 0 amide bonds. The van der Waals surface area contributed by atoms with Crippen LogP contribution in [0, 0.1) is 11.8 Å². The lowest BCUT2D eigenvalue weighted by molar-refractivity contribution is -0.116. The molecule has 0 N–H and O–H groups in total. The summed E-state index contributed by atoms with van der Waals surface area (Å²) in [5.41, 5.74) is 0. The Kier molecular flexibility index (Phi) is 7.56. The standard InChI is InChI=1S/C11H20O2/c1-3-5-10(4-2)8-11(9-13)6-7-12/h7,9-11H,3-6,8H2,1-2H3. The Morgan fingerprint density at radius 3 is 2.31 bits per heavy atom. The van der Waals surface area contributed by atoms with E-state index in [4.69, 9.17) is 0 Å². The van der Waals surface area contributed by atoms with E-state index in [1.54, 1.807) is 0 Å². The summed E-state index contributed by atoms with van der Waals surface area (Å²) in [6, 6.07) is 0. The van der Waals surface area contributed by atoms with Gasteiger partial charge in [0.05, 0.1) is 0 Å². The van der Waals surface area contributed by atoms with E-state index in [9.17, 15) is 9.59 Å². The molecule has 0 aliphatic rings. The molecule has 0 aliphatic heterocycles. The largest absolute Gasteiger partial charge is 0.303 e. The van der Waals surface area contributed by atoms with Crippen molar-refractivity contribution in [3.8, 4) is 0 Å². The zero-order valence-corrected chi connectivity index (χ0v) is 8.66. The quantitative estimate of drug-likeness (QED) is 0.543. The van der Waals surface area contributed by atoms with Crippen molar-refractivity contribution < 1.29 is 9.59 Å². The molecule has 2 atom stereocenters. The Balaban J connectivity index is 3.86. The van der Waals surface area contributed by atoms with Crippen LogP contribution in [0.1, 0.15) is 46.0 Å². The molecule has 0 heterocycles. The molecule has 0 radical (unpaired) electrons. The lowest BCUT2D eigenvalue weighted by atomic mass is 9.89. The van der Waals surface area contributed by atoms with Gasteiger partial charge in [-0.25, -0.2) is 0 Å². The summed E-state index contributed by atoms with van der Waals surface area (Å²) in [6.45, 7) is 4.29. The van der Waals surface area contributed by atoms with E-state index < -0.39 is 0 Å². The van der Waals surface area contributed by atoms with Gasteiger partial charge in [0.1, 0.15) is 12.6 Å². The zero-order valence-electron chi connectivity index (χ0n) is 8.66. The number of hydrogen-bond donors (Lipinski definition) is 0. The Bertz CT molecular complexity index is 143. The third-order valence-corrected chi connectivity index (χ3v) is 2.50. The molecule has 0 rings (SSSR count). The minimum Gasteiger partial charge on any atom is -0.303 e. The fraction of sp³-hybridized carbons (Fsp3) is 0.818. The molecule has 13 heavy (non-hydrogen) atoms. The van der Waals surface area contributed by atoms with Crippen molar-refractivity contribution in [3.63, 3.8) is 0 Å². The Labute approximate surface area is 80.7 Å². The molecule has 0 bridgehead atoms. The first-order chi connectivity index (χ1) is 6.28. The lowest BCUT2D eigenvalue weighted by Gasteiger charge is -2.16. The van der Waals surface area contributed by atoms with E-state index in [1.807, 2.05) is 0 Å².